The van der Waals surface area contributed by atoms with Gasteiger partial charge in [0.2, 0.25) is 5.91 Å². The van der Waals surface area contributed by atoms with Gasteiger partial charge in [-0.05, 0) is 17.7 Å². The number of nitrogens with zero attached hydrogens (tertiary/aromatic N) is 1. The van der Waals surface area contributed by atoms with Crippen LogP contribution in [0.3, 0.4) is 0 Å². The number of carbonyl (C=O) groups excluding carboxylic acids is 1. The minimum absolute atomic E-state index is 0.0335. The first-order valence-corrected chi connectivity index (χ1v) is 7.11. The van der Waals surface area contributed by atoms with Crippen molar-refractivity contribution < 1.29 is 9.53 Å². The molecule has 1 amide bonds. The van der Waals surface area contributed by atoms with Gasteiger partial charge >= 0.3 is 0 Å². The van der Waals surface area contributed by atoms with Gasteiger partial charge in [-0.2, -0.15) is 0 Å². The maximum atomic E-state index is 11.8. The number of ether oxygens (including phenoxy) is 1. The van der Waals surface area contributed by atoms with E-state index in [0.29, 0.717) is 13.0 Å². The van der Waals surface area contributed by atoms with E-state index in [0.717, 1.165) is 22.1 Å². The summed E-state index contributed by atoms with van der Waals surface area (Å²) in [5, 5.41) is 8.54. The lowest BCUT2D eigenvalue weighted by Gasteiger charge is -2.05. The smallest absolute Gasteiger partial charge is 0.226 e. The lowest BCUT2D eigenvalue weighted by atomic mass is 10.2. The molecule has 0 unspecified atom stereocenters. The van der Waals surface area contributed by atoms with Crippen LogP contribution < -0.4 is 15.4 Å². The Bertz CT molecular complexity index is 566. The van der Waals surface area contributed by atoms with Crippen LogP contribution in [0.1, 0.15) is 11.3 Å². The molecule has 0 radical (unpaired) electrons. The Morgan fingerprint density at radius 2 is 2.10 bits per heavy atom. The zero-order valence-electron chi connectivity index (χ0n) is 11.5. The number of aromatic nitrogens is 1. The summed E-state index contributed by atoms with van der Waals surface area (Å²) in [7, 11) is 3.44. The van der Waals surface area contributed by atoms with Gasteiger partial charge in [0.25, 0.3) is 0 Å². The van der Waals surface area contributed by atoms with Gasteiger partial charge in [-0.15, -0.1) is 11.3 Å². The first-order valence-electron chi connectivity index (χ1n) is 6.23. The molecule has 2 aromatic rings. The number of benzene rings is 1. The van der Waals surface area contributed by atoms with Crippen molar-refractivity contribution in [1.82, 2.24) is 10.3 Å². The Kier molecular flexibility index (Phi) is 4.95. The van der Waals surface area contributed by atoms with Crippen LogP contribution in [-0.2, 0) is 17.8 Å². The Balaban J connectivity index is 1.82. The van der Waals surface area contributed by atoms with Crippen LogP contribution in [0.25, 0.3) is 0 Å². The predicted molar refractivity (Wildman–Crippen MR) is 80.2 cm³/mol. The highest BCUT2D eigenvalue weighted by Crippen LogP contribution is 2.15. The van der Waals surface area contributed by atoms with Gasteiger partial charge in [0.1, 0.15) is 5.75 Å². The number of hydrogen-bond acceptors (Lipinski definition) is 5. The van der Waals surface area contributed by atoms with E-state index in [-0.39, 0.29) is 5.91 Å². The average molecular weight is 291 g/mol. The van der Waals surface area contributed by atoms with Crippen molar-refractivity contribution in [1.29, 1.82) is 0 Å². The monoisotopic (exact) mass is 291 g/mol. The fraction of sp³-hybridized carbons (Fsp3) is 0.286. The number of rotatable bonds is 6. The first kappa shape index (κ1) is 14.3. The number of anilines is 1. The molecule has 0 saturated heterocycles. The van der Waals surface area contributed by atoms with Crippen LogP contribution in [0.2, 0.25) is 0 Å². The average Bonchev–Trinajstić information content (AvgIpc) is 2.93. The molecule has 1 aromatic carbocycles. The first-order chi connectivity index (χ1) is 9.71. The second-order valence-electron chi connectivity index (χ2n) is 4.20. The molecule has 20 heavy (non-hydrogen) atoms. The van der Waals surface area contributed by atoms with Crippen molar-refractivity contribution >= 4 is 22.4 Å². The third-order valence-electron chi connectivity index (χ3n) is 2.76. The molecule has 0 saturated carbocycles. The molecule has 0 atom stereocenters. The fourth-order valence-electron chi connectivity index (χ4n) is 1.67. The molecule has 5 nitrogen and oxygen atoms in total. The van der Waals surface area contributed by atoms with Crippen LogP contribution in [0.4, 0.5) is 5.13 Å². The predicted octanol–water partition coefficient (Wildman–Crippen LogP) is 2.05. The molecule has 0 fully saturated rings. The van der Waals surface area contributed by atoms with Gasteiger partial charge < -0.3 is 15.4 Å². The Morgan fingerprint density at radius 1 is 1.35 bits per heavy atom. The molecule has 0 aliphatic heterocycles. The van der Waals surface area contributed by atoms with Gasteiger partial charge in [0.05, 0.1) is 19.2 Å². The topological polar surface area (TPSA) is 63.2 Å². The van der Waals surface area contributed by atoms with Crippen LogP contribution in [0.15, 0.2) is 29.6 Å². The lowest BCUT2D eigenvalue weighted by molar-refractivity contribution is -0.120. The molecule has 0 bridgehead atoms. The van der Waals surface area contributed by atoms with Gasteiger partial charge in [-0.3, -0.25) is 4.79 Å². The summed E-state index contributed by atoms with van der Waals surface area (Å²) in [6.07, 6.45) is 0.300. The van der Waals surface area contributed by atoms with E-state index in [1.165, 1.54) is 11.3 Å². The van der Waals surface area contributed by atoms with Crippen molar-refractivity contribution in [2.75, 3.05) is 19.5 Å². The Labute approximate surface area is 122 Å². The standard InChI is InChI=1S/C14H17N3O2S/c1-15-14-17-11(9-20-14)7-13(18)16-8-10-3-5-12(19-2)6-4-10/h3-6,9H,7-8H2,1-2H3,(H,15,17)(H,16,18). The summed E-state index contributed by atoms with van der Waals surface area (Å²) in [4.78, 5) is 16.1. The SMILES string of the molecule is CNc1nc(CC(=O)NCc2ccc(OC)cc2)cs1. The summed E-state index contributed by atoms with van der Waals surface area (Å²) in [6, 6.07) is 7.62. The van der Waals surface area contributed by atoms with Crippen molar-refractivity contribution in [2.24, 2.45) is 0 Å². The van der Waals surface area contributed by atoms with Gasteiger partial charge in [0.15, 0.2) is 5.13 Å². The molecule has 1 heterocycles. The van der Waals surface area contributed by atoms with Crippen LogP contribution in [0.5, 0.6) is 5.75 Å². The molecule has 0 spiro atoms. The molecule has 0 aliphatic rings. The second-order valence-corrected chi connectivity index (χ2v) is 5.05. The van der Waals surface area contributed by atoms with Gasteiger partial charge in [0, 0.05) is 19.0 Å². The van der Waals surface area contributed by atoms with E-state index in [1.54, 1.807) is 7.11 Å². The highest BCUT2D eigenvalue weighted by Gasteiger charge is 2.07. The van der Waals surface area contributed by atoms with E-state index >= 15 is 0 Å². The third kappa shape index (κ3) is 3.96. The number of carbonyl (C=O) groups is 1. The Hall–Kier alpha value is -2.08. The van der Waals surface area contributed by atoms with E-state index in [2.05, 4.69) is 15.6 Å². The Morgan fingerprint density at radius 3 is 2.70 bits per heavy atom. The number of amides is 1. The third-order valence-corrected chi connectivity index (χ3v) is 3.66. The largest absolute Gasteiger partial charge is 0.497 e. The zero-order valence-corrected chi connectivity index (χ0v) is 12.3. The maximum Gasteiger partial charge on any atom is 0.226 e. The van der Waals surface area contributed by atoms with Gasteiger partial charge in [-0.25, -0.2) is 4.98 Å². The summed E-state index contributed by atoms with van der Waals surface area (Å²) >= 11 is 1.49. The summed E-state index contributed by atoms with van der Waals surface area (Å²) < 4.78 is 5.09. The number of thiazole rings is 1. The zero-order chi connectivity index (χ0) is 14.4. The molecule has 106 valence electrons. The molecule has 2 N–H and O–H groups in total. The second kappa shape index (κ2) is 6.91. The van der Waals surface area contributed by atoms with E-state index in [1.807, 2.05) is 36.7 Å². The summed E-state index contributed by atoms with van der Waals surface area (Å²) in [6.45, 7) is 0.506. The molecule has 6 heteroatoms. The normalized spacial score (nSPS) is 10.1. The molecular formula is C14H17N3O2S. The summed E-state index contributed by atoms with van der Waals surface area (Å²) in [5.41, 5.74) is 1.82. The molecule has 1 aromatic heterocycles. The van der Waals surface area contributed by atoms with E-state index < -0.39 is 0 Å². The fourth-order valence-corrected chi connectivity index (χ4v) is 2.35. The number of nitrogens with one attached hydrogen (secondary N) is 2. The molecule has 2 rings (SSSR count). The van der Waals surface area contributed by atoms with Crippen LogP contribution >= 0.6 is 11.3 Å². The van der Waals surface area contributed by atoms with Crippen molar-refractivity contribution in [3.05, 3.63) is 40.9 Å². The van der Waals surface area contributed by atoms with E-state index in [4.69, 9.17) is 4.74 Å². The van der Waals surface area contributed by atoms with E-state index in [9.17, 15) is 4.79 Å². The van der Waals surface area contributed by atoms with Crippen LogP contribution in [-0.4, -0.2) is 25.0 Å². The highest BCUT2D eigenvalue weighted by molar-refractivity contribution is 7.13. The number of hydrogen-bond donors (Lipinski definition) is 2. The van der Waals surface area contributed by atoms with Crippen molar-refractivity contribution in [3.8, 4) is 5.75 Å². The highest BCUT2D eigenvalue weighted by atomic mass is 32.1. The summed E-state index contributed by atoms with van der Waals surface area (Å²) in [5.74, 6) is 0.774. The van der Waals surface area contributed by atoms with Gasteiger partial charge in [-0.1, -0.05) is 12.1 Å². The number of methoxy groups -OCH3 is 1. The lowest BCUT2D eigenvalue weighted by Crippen LogP contribution is -2.24. The quantitative estimate of drug-likeness (QED) is 0.855. The maximum absolute atomic E-state index is 11.8. The van der Waals surface area contributed by atoms with Crippen molar-refractivity contribution in [2.45, 2.75) is 13.0 Å². The van der Waals surface area contributed by atoms with Crippen LogP contribution in [0, 0.1) is 0 Å². The van der Waals surface area contributed by atoms with Crippen molar-refractivity contribution in [3.63, 3.8) is 0 Å². The molecular weight excluding hydrogens is 274 g/mol. The minimum Gasteiger partial charge on any atom is -0.497 e. The molecule has 0 aliphatic carbocycles. The minimum atomic E-state index is -0.0335.